The van der Waals surface area contributed by atoms with Crippen LogP contribution in [0.3, 0.4) is 0 Å². The van der Waals surface area contributed by atoms with Gasteiger partial charge in [0, 0.05) is 23.8 Å². The zero-order valence-electron chi connectivity index (χ0n) is 12.4. The van der Waals surface area contributed by atoms with E-state index in [1.165, 1.54) is 0 Å². The van der Waals surface area contributed by atoms with Gasteiger partial charge in [-0.15, -0.1) is 12.4 Å². The zero-order chi connectivity index (χ0) is 15.5. The smallest absolute Gasteiger partial charge is 0.229 e. The highest BCUT2D eigenvalue weighted by Crippen LogP contribution is 2.27. The summed E-state index contributed by atoms with van der Waals surface area (Å²) in [6.07, 6.45) is 4.61. The average Bonchev–Trinajstić information content (AvgIpc) is 2.76. The maximum Gasteiger partial charge on any atom is 0.229 e. The van der Waals surface area contributed by atoms with E-state index in [1.807, 2.05) is 0 Å². The van der Waals surface area contributed by atoms with Crippen LogP contribution >= 0.6 is 12.4 Å². The fourth-order valence-electron chi connectivity index (χ4n) is 2.60. The van der Waals surface area contributed by atoms with Gasteiger partial charge in [0.05, 0.1) is 6.26 Å². The van der Waals surface area contributed by atoms with E-state index in [-0.39, 0.29) is 30.3 Å². The van der Waals surface area contributed by atoms with Crippen LogP contribution in [0.25, 0.3) is 0 Å². The first-order valence-corrected chi connectivity index (χ1v) is 8.86. The fraction of sp³-hybridized carbons (Fsp3) is 0.500. The van der Waals surface area contributed by atoms with Crippen molar-refractivity contribution in [3.05, 3.63) is 24.3 Å². The van der Waals surface area contributed by atoms with Crippen molar-refractivity contribution in [2.45, 2.75) is 31.7 Å². The highest BCUT2D eigenvalue weighted by Gasteiger charge is 2.25. The molecule has 22 heavy (non-hydrogen) atoms. The molecule has 8 heteroatoms. The fourth-order valence-corrected chi connectivity index (χ4v) is 3.17. The Hall–Kier alpha value is -1.31. The molecule has 2 atom stereocenters. The molecule has 1 saturated carbocycles. The number of halogens is 1. The number of carbonyl (C=O) groups excluding carboxylic acids is 1. The lowest BCUT2D eigenvalue weighted by Gasteiger charge is -2.15. The number of sulfonamides is 1. The Kier molecular flexibility index (Phi) is 6.65. The molecule has 0 aliphatic heterocycles. The number of anilines is 2. The molecular weight excluding hydrogens is 326 g/mol. The Morgan fingerprint density at radius 2 is 1.82 bits per heavy atom. The van der Waals surface area contributed by atoms with Gasteiger partial charge >= 0.3 is 0 Å². The molecule has 0 unspecified atom stereocenters. The molecule has 1 aromatic rings. The molecule has 0 aromatic heterocycles. The van der Waals surface area contributed by atoms with E-state index >= 15 is 0 Å². The van der Waals surface area contributed by atoms with Crippen LogP contribution in [0.4, 0.5) is 11.4 Å². The molecule has 1 aliphatic rings. The summed E-state index contributed by atoms with van der Waals surface area (Å²) >= 11 is 0. The van der Waals surface area contributed by atoms with Crippen LogP contribution in [0.1, 0.15) is 25.7 Å². The van der Waals surface area contributed by atoms with Crippen LogP contribution in [0, 0.1) is 5.92 Å². The van der Waals surface area contributed by atoms with Gasteiger partial charge in [-0.1, -0.05) is 6.42 Å². The van der Waals surface area contributed by atoms with E-state index in [0.29, 0.717) is 17.8 Å². The van der Waals surface area contributed by atoms with Crippen LogP contribution in [0.2, 0.25) is 0 Å². The number of hydrogen-bond acceptors (Lipinski definition) is 4. The number of nitrogens with two attached hydrogens (primary N) is 1. The summed E-state index contributed by atoms with van der Waals surface area (Å²) in [6, 6.07) is 6.67. The van der Waals surface area contributed by atoms with Gasteiger partial charge in [0.25, 0.3) is 0 Å². The van der Waals surface area contributed by atoms with Crippen molar-refractivity contribution >= 4 is 39.7 Å². The first-order valence-electron chi connectivity index (χ1n) is 6.97. The predicted molar refractivity (Wildman–Crippen MR) is 90.7 cm³/mol. The molecule has 1 amide bonds. The maximum atomic E-state index is 11.9. The molecule has 124 valence electrons. The topological polar surface area (TPSA) is 101 Å². The van der Waals surface area contributed by atoms with E-state index in [9.17, 15) is 13.2 Å². The molecule has 0 saturated heterocycles. The summed E-state index contributed by atoms with van der Waals surface area (Å²) in [5.41, 5.74) is 7.06. The number of hydrogen-bond donors (Lipinski definition) is 3. The maximum absolute atomic E-state index is 11.9. The lowest BCUT2D eigenvalue weighted by molar-refractivity contribution is -0.117. The van der Waals surface area contributed by atoms with Crippen LogP contribution in [0.15, 0.2) is 24.3 Å². The van der Waals surface area contributed by atoms with Crippen LogP contribution < -0.4 is 15.8 Å². The van der Waals surface area contributed by atoms with Gasteiger partial charge in [0.1, 0.15) is 0 Å². The number of carbonyl (C=O) groups is 1. The molecule has 0 spiro atoms. The predicted octanol–water partition coefficient (Wildman–Crippen LogP) is 1.94. The Balaban J connectivity index is 0.00000242. The van der Waals surface area contributed by atoms with Crippen LogP contribution in [-0.4, -0.2) is 26.6 Å². The van der Waals surface area contributed by atoms with Crippen molar-refractivity contribution in [2.75, 3.05) is 16.3 Å². The van der Waals surface area contributed by atoms with E-state index in [4.69, 9.17) is 5.73 Å². The van der Waals surface area contributed by atoms with E-state index < -0.39 is 10.0 Å². The largest absolute Gasteiger partial charge is 0.327 e. The first kappa shape index (κ1) is 18.7. The lowest BCUT2D eigenvalue weighted by Crippen LogP contribution is -2.28. The molecule has 1 aromatic carbocycles. The second-order valence-electron chi connectivity index (χ2n) is 5.56. The summed E-state index contributed by atoms with van der Waals surface area (Å²) in [5.74, 6) is 0.206. The molecular formula is C14H22ClN3O3S. The Bertz CT molecular complexity index is 604. The first-order chi connectivity index (χ1) is 9.83. The minimum atomic E-state index is -3.29. The van der Waals surface area contributed by atoms with Crippen molar-refractivity contribution in [1.82, 2.24) is 0 Å². The number of nitrogens with one attached hydrogen (secondary N) is 2. The molecule has 2 rings (SSSR count). The Labute approximate surface area is 137 Å². The molecule has 1 aliphatic carbocycles. The quantitative estimate of drug-likeness (QED) is 0.757. The van der Waals surface area contributed by atoms with Crippen LogP contribution in [-0.2, 0) is 14.8 Å². The Morgan fingerprint density at radius 3 is 2.32 bits per heavy atom. The van der Waals surface area contributed by atoms with E-state index in [1.54, 1.807) is 24.3 Å². The highest BCUT2D eigenvalue weighted by atomic mass is 35.5. The monoisotopic (exact) mass is 347 g/mol. The summed E-state index contributed by atoms with van der Waals surface area (Å²) < 4.78 is 24.6. The second kappa shape index (κ2) is 7.80. The zero-order valence-corrected chi connectivity index (χ0v) is 14.0. The normalized spacial score (nSPS) is 21.0. The van der Waals surface area contributed by atoms with Crippen molar-refractivity contribution in [1.29, 1.82) is 0 Å². The lowest BCUT2D eigenvalue weighted by atomic mass is 10.00. The van der Waals surface area contributed by atoms with Crippen molar-refractivity contribution in [2.24, 2.45) is 11.7 Å². The Morgan fingerprint density at radius 1 is 1.23 bits per heavy atom. The van der Waals surface area contributed by atoms with Crippen molar-refractivity contribution in [3.8, 4) is 0 Å². The van der Waals surface area contributed by atoms with Gasteiger partial charge in [-0.25, -0.2) is 8.42 Å². The summed E-state index contributed by atoms with van der Waals surface area (Å²) in [6.45, 7) is 0. The van der Waals surface area contributed by atoms with Gasteiger partial charge in [0.2, 0.25) is 15.9 Å². The molecule has 0 radical (unpaired) electrons. The third kappa shape index (κ3) is 5.82. The standard InChI is InChI=1S/C14H21N3O3S.ClH/c1-21(19,20)17-12-7-5-11(6-8-12)16-14(18)9-10-3-2-4-13(10)15;/h5-8,10,13,17H,2-4,9,15H2,1H3,(H,16,18);1H/t10-,13+;/m0./s1. The van der Waals surface area contributed by atoms with Gasteiger partial charge in [-0.2, -0.15) is 0 Å². The molecule has 4 N–H and O–H groups in total. The van der Waals surface area contributed by atoms with E-state index in [0.717, 1.165) is 25.5 Å². The summed E-state index contributed by atoms with van der Waals surface area (Å²) in [7, 11) is -3.29. The van der Waals surface area contributed by atoms with E-state index in [2.05, 4.69) is 10.0 Å². The van der Waals surface area contributed by atoms with Gasteiger partial charge in [0.15, 0.2) is 0 Å². The number of amides is 1. The molecule has 1 fully saturated rings. The number of benzene rings is 1. The van der Waals surface area contributed by atoms with Gasteiger partial charge in [-0.05, 0) is 43.0 Å². The second-order valence-corrected chi connectivity index (χ2v) is 7.31. The minimum absolute atomic E-state index is 0. The van der Waals surface area contributed by atoms with Gasteiger partial charge < -0.3 is 11.1 Å². The van der Waals surface area contributed by atoms with Crippen molar-refractivity contribution < 1.29 is 13.2 Å². The molecule has 0 bridgehead atoms. The molecule has 6 nitrogen and oxygen atoms in total. The number of rotatable bonds is 5. The minimum Gasteiger partial charge on any atom is -0.327 e. The third-order valence-corrected chi connectivity index (χ3v) is 4.24. The highest BCUT2D eigenvalue weighted by molar-refractivity contribution is 7.92. The third-order valence-electron chi connectivity index (χ3n) is 3.64. The summed E-state index contributed by atoms with van der Waals surface area (Å²) in [4.78, 5) is 11.9. The summed E-state index contributed by atoms with van der Waals surface area (Å²) in [5, 5.41) is 2.81. The van der Waals surface area contributed by atoms with Gasteiger partial charge in [-0.3, -0.25) is 9.52 Å². The average molecular weight is 348 g/mol. The molecule has 0 heterocycles. The SMILES string of the molecule is CS(=O)(=O)Nc1ccc(NC(=O)C[C@@H]2CCC[C@H]2N)cc1.Cl. The van der Waals surface area contributed by atoms with Crippen molar-refractivity contribution in [3.63, 3.8) is 0 Å². The van der Waals surface area contributed by atoms with Crippen LogP contribution in [0.5, 0.6) is 0 Å².